The summed E-state index contributed by atoms with van der Waals surface area (Å²) in [5.74, 6) is 0.411. The Balaban J connectivity index is 1.97. The SMILES string of the molecule is C[C@H](Cc1ccccc1)C(=O)Nc1cc(CN)ccn1. The molecular formula is C16H19N3O. The fourth-order valence-corrected chi connectivity index (χ4v) is 1.98. The standard InChI is InChI=1S/C16H19N3O/c1-12(9-13-5-3-2-4-6-13)16(20)19-15-10-14(11-17)7-8-18-15/h2-8,10,12H,9,11,17H2,1H3,(H,18,19,20)/t12-/m1/s1. The summed E-state index contributed by atoms with van der Waals surface area (Å²) in [6.07, 6.45) is 2.36. The molecule has 1 atom stereocenters. The minimum atomic E-state index is -0.110. The van der Waals surface area contributed by atoms with Crippen molar-refractivity contribution in [3.63, 3.8) is 0 Å². The van der Waals surface area contributed by atoms with Crippen LogP contribution in [0.1, 0.15) is 18.1 Å². The zero-order chi connectivity index (χ0) is 14.4. The van der Waals surface area contributed by atoms with Gasteiger partial charge in [0.1, 0.15) is 5.82 Å². The summed E-state index contributed by atoms with van der Waals surface area (Å²) in [6, 6.07) is 13.6. The molecule has 3 N–H and O–H groups in total. The lowest BCUT2D eigenvalue weighted by Gasteiger charge is -2.12. The number of carbonyl (C=O) groups is 1. The molecule has 4 heteroatoms. The first-order valence-corrected chi connectivity index (χ1v) is 6.69. The van der Waals surface area contributed by atoms with E-state index >= 15 is 0 Å². The zero-order valence-corrected chi connectivity index (χ0v) is 11.5. The average Bonchev–Trinajstić information content (AvgIpc) is 2.48. The van der Waals surface area contributed by atoms with E-state index in [-0.39, 0.29) is 11.8 Å². The van der Waals surface area contributed by atoms with Crippen LogP contribution in [0.3, 0.4) is 0 Å². The van der Waals surface area contributed by atoms with E-state index in [1.54, 1.807) is 12.3 Å². The van der Waals surface area contributed by atoms with E-state index in [1.807, 2.05) is 43.3 Å². The Kier molecular flexibility index (Phi) is 4.85. The van der Waals surface area contributed by atoms with Crippen LogP contribution in [0.15, 0.2) is 48.7 Å². The van der Waals surface area contributed by atoms with Crippen molar-refractivity contribution in [2.75, 3.05) is 5.32 Å². The van der Waals surface area contributed by atoms with Gasteiger partial charge in [0.15, 0.2) is 0 Å². The molecule has 0 spiro atoms. The highest BCUT2D eigenvalue weighted by atomic mass is 16.1. The molecule has 1 amide bonds. The van der Waals surface area contributed by atoms with Crippen LogP contribution in [0.4, 0.5) is 5.82 Å². The van der Waals surface area contributed by atoms with E-state index in [9.17, 15) is 4.79 Å². The lowest BCUT2D eigenvalue weighted by atomic mass is 10.0. The molecular weight excluding hydrogens is 250 g/mol. The number of anilines is 1. The van der Waals surface area contributed by atoms with Crippen LogP contribution in [0.25, 0.3) is 0 Å². The second kappa shape index (κ2) is 6.82. The Morgan fingerprint density at radius 1 is 1.25 bits per heavy atom. The molecule has 0 fully saturated rings. The molecule has 1 heterocycles. The van der Waals surface area contributed by atoms with Crippen LogP contribution in [0.2, 0.25) is 0 Å². The highest BCUT2D eigenvalue weighted by molar-refractivity contribution is 5.91. The number of hydrogen-bond donors (Lipinski definition) is 2. The van der Waals surface area contributed by atoms with Crippen molar-refractivity contribution in [2.24, 2.45) is 11.7 Å². The molecule has 0 radical (unpaired) electrons. The van der Waals surface area contributed by atoms with Gasteiger partial charge >= 0.3 is 0 Å². The quantitative estimate of drug-likeness (QED) is 0.875. The largest absolute Gasteiger partial charge is 0.326 e. The minimum Gasteiger partial charge on any atom is -0.326 e. The van der Waals surface area contributed by atoms with E-state index in [4.69, 9.17) is 5.73 Å². The van der Waals surface area contributed by atoms with Crippen molar-refractivity contribution in [1.29, 1.82) is 0 Å². The molecule has 0 aliphatic carbocycles. The molecule has 20 heavy (non-hydrogen) atoms. The summed E-state index contributed by atoms with van der Waals surface area (Å²) in [6.45, 7) is 2.35. The van der Waals surface area contributed by atoms with Crippen LogP contribution in [0.5, 0.6) is 0 Å². The van der Waals surface area contributed by atoms with Gasteiger partial charge in [-0.25, -0.2) is 4.98 Å². The third-order valence-corrected chi connectivity index (χ3v) is 3.14. The molecule has 0 unspecified atom stereocenters. The fourth-order valence-electron chi connectivity index (χ4n) is 1.98. The zero-order valence-electron chi connectivity index (χ0n) is 11.5. The lowest BCUT2D eigenvalue weighted by Crippen LogP contribution is -2.22. The average molecular weight is 269 g/mol. The van der Waals surface area contributed by atoms with Gasteiger partial charge in [-0.2, -0.15) is 0 Å². The van der Waals surface area contributed by atoms with Crippen molar-refractivity contribution in [3.05, 3.63) is 59.8 Å². The van der Waals surface area contributed by atoms with Crippen LogP contribution < -0.4 is 11.1 Å². The summed E-state index contributed by atoms with van der Waals surface area (Å²) in [4.78, 5) is 16.3. The van der Waals surface area contributed by atoms with E-state index in [2.05, 4.69) is 10.3 Å². The van der Waals surface area contributed by atoms with E-state index in [0.29, 0.717) is 18.8 Å². The molecule has 2 aromatic rings. The van der Waals surface area contributed by atoms with Crippen LogP contribution in [-0.4, -0.2) is 10.9 Å². The first-order valence-electron chi connectivity index (χ1n) is 6.69. The highest BCUT2D eigenvalue weighted by Gasteiger charge is 2.14. The molecule has 1 aromatic heterocycles. The summed E-state index contributed by atoms with van der Waals surface area (Å²) in [5.41, 5.74) is 7.67. The van der Waals surface area contributed by atoms with Gasteiger partial charge in [-0.15, -0.1) is 0 Å². The van der Waals surface area contributed by atoms with Crippen molar-refractivity contribution in [1.82, 2.24) is 4.98 Å². The van der Waals surface area contributed by atoms with E-state index in [1.165, 1.54) is 0 Å². The monoisotopic (exact) mass is 269 g/mol. The first-order chi connectivity index (χ1) is 9.69. The number of benzene rings is 1. The van der Waals surface area contributed by atoms with E-state index < -0.39 is 0 Å². The molecule has 0 aliphatic heterocycles. The predicted molar refractivity (Wildman–Crippen MR) is 80.1 cm³/mol. The molecule has 0 bridgehead atoms. The van der Waals surface area contributed by atoms with Crippen LogP contribution >= 0.6 is 0 Å². The van der Waals surface area contributed by atoms with Crippen molar-refractivity contribution in [2.45, 2.75) is 19.9 Å². The number of hydrogen-bond acceptors (Lipinski definition) is 3. The first kappa shape index (κ1) is 14.2. The Morgan fingerprint density at radius 2 is 2.00 bits per heavy atom. The maximum absolute atomic E-state index is 12.1. The molecule has 1 aromatic carbocycles. The molecule has 0 saturated heterocycles. The fraction of sp³-hybridized carbons (Fsp3) is 0.250. The third-order valence-electron chi connectivity index (χ3n) is 3.14. The van der Waals surface area contributed by atoms with Gasteiger partial charge in [0.2, 0.25) is 5.91 Å². The van der Waals surface area contributed by atoms with Crippen LogP contribution in [0, 0.1) is 5.92 Å². The number of nitrogens with one attached hydrogen (secondary N) is 1. The normalized spacial score (nSPS) is 11.9. The Hall–Kier alpha value is -2.20. The molecule has 2 rings (SSSR count). The Labute approximate surface area is 119 Å². The number of pyridine rings is 1. The van der Waals surface area contributed by atoms with Gasteiger partial charge in [-0.3, -0.25) is 4.79 Å². The van der Waals surface area contributed by atoms with Crippen molar-refractivity contribution < 1.29 is 4.79 Å². The molecule has 0 saturated carbocycles. The molecule has 4 nitrogen and oxygen atoms in total. The molecule has 0 aliphatic rings. The van der Waals surface area contributed by atoms with Gasteiger partial charge in [-0.1, -0.05) is 37.3 Å². The Bertz CT molecular complexity index is 569. The second-order valence-corrected chi connectivity index (χ2v) is 4.83. The number of carbonyl (C=O) groups excluding carboxylic acids is 1. The Morgan fingerprint density at radius 3 is 2.70 bits per heavy atom. The van der Waals surface area contributed by atoms with Gasteiger partial charge in [0, 0.05) is 18.7 Å². The minimum absolute atomic E-state index is 0.0319. The number of amides is 1. The lowest BCUT2D eigenvalue weighted by molar-refractivity contribution is -0.119. The van der Waals surface area contributed by atoms with Gasteiger partial charge in [0.25, 0.3) is 0 Å². The number of nitrogens with two attached hydrogens (primary N) is 1. The summed E-state index contributed by atoms with van der Waals surface area (Å²) in [5, 5.41) is 2.83. The van der Waals surface area contributed by atoms with Gasteiger partial charge in [0.05, 0.1) is 0 Å². The molecule has 104 valence electrons. The van der Waals surface area contributed by atoms with E-state index in [0.717, 1.165) is 11.1 Å². The third kappa shape index (κ3) is 3.90. The highest BCUT2D eigenvalue weighted by Crippen LogP contribution is 2.12. The summed E-state index contributed by atoms with van der Waals surface area (Å²) in [7, 11) is 0. The summed E-state index contributed by atoms with van der Waals surface area (Å²) >= 11 is 0. The number of nitrogens with zero attached hydrogens (tertiary/aromatic N) is 1. The van der Waals surface area contributed by atoms with Crippen molar-refractivity contribution >= 4 is 11.7 Å². The topological polar surface area (TPSA) is 68.0 Å². The predicted octanol–water partition coefficient (Wildman–Crippen LogP) is 2.36. The second-order valence-electron chi connectivity index (χ2n) is 4.83. The van der Waals surface area contributed by atoms with Crippen molar-refractivity contribution in [3.8, 4) is 0 Å². The maximum atomic E-state index is 12.1. The summed E-state index contributed by atoms with van der Waals surface area (Å²) < 4.78 is 0. The van der Waals surface area contributed by atoms with Crippen LogP contribution in [-0.2, 0) is 17.8 Å². The number of rotatable bonds is 5. The smallest absolute Gasteiger partial charge is 0.228 e. The maximum Gasteiger partial charge on any atom is 0.228 e. The van der Waals surface area contributed by atoms with Gasteiger partial charge in [-0.05, 0) is 29.7 Å². The van der Waals surface area contributed by atoms with Gasteiger partial charge < -0.3 is 11.1 Å². The number of aromatic nitrogens is 1.